The van der Waals surface area contributed by atoms with E-state index in [0.717, 1.165) is 0 Å². The zero-order valence-electron chi connectivity index (χ0n) is 28.1. The molecule has 232 valence electrons. The summed E-state index contributed by atoms with van der Waals surface area (Å²) in [5, 5.41) is 0. The molecule has 0 spiro atoms. The summed E-state index contributed by atoms with van der Waals surface area (Å²) in [6.45, 7) is 18.7. The Balaban J connectivity index is 0.00000200. The third-order valence-electron chi connectivity index (χ3n) is 10.7. The fourth-order valence-electron chi connectivity index (χ4n) is 8.32. The fourth-order valence-corrected chi connectivity index (χ4v) is 36.6. The molecule has 0 radical (unpaired) electrons. The van der Waals surface area contributed by atoms with Crippen LogP contribution in [0.4, 0.5) is 0 Å². The van der Waals surface area contributed by atoms with Crippen molar-refractivity contribution in [2.45, 2.75) is 81.9 Å². The van der Waals surface area contributed by atoms with Gasteiger partial charge in [0.2, 0.25) is 0 Å². The fraction of sp³-hybridized carbons (Fsp3) is 0.333. The first-order valence-electron chi connectivity index (χ1n) is 16.2. The van der Waals surface area contributed by atoms with Crippen molar-refractivity contribution in [3.63, 3.8) is 0 Å². The van der Waals surface area contributed by atoms with Crippen LogP contribution in [0.2, 0.25) is 8.35 Å². The average molecular weight is 800 g/mol. The average Bonchev–Trinajstić information content (AvgIpc) is 3.54. The Bertz CT molecular complexity index is 1660. The Hall–Kier alpha value is -2.19. The van der Waals surface area contributed by atoms with Crippen molar-refractivity contribution in [2.24, 2.45) is 0 Å². The third-order valence-corrected chi connectivity index (χ3v) is 30.4. The van der Waals surface area contributed by atoms with Crippen LogP contribution in [0.3, 0.4) is 0 Å². The molecule has 45 heavy (non-hydrogen) atoms. The smallest absolute Gasteiger partial charge is 1.00 e. The molecular weight excluding hydrogens is 754 g/mol. The van der Waals surface area contributed by atoms with E-state index in [0.29, 0.717) is 7.35 Å². The largest absolute Gasteiger partial charge is 1.00 e. The Morgan fingerprint density at radius 3 is 1.18 bits per heavy atom. The Labute approximate surface area is 288 Å². The number of benzene rings is 4. The monoisotopic (exact) mass is 800 g/mol. The predicted molar refractivity (Wildman–Crippen MR) is 184 cm³/mol. The van der Waals surface area contributed by atoms with Crippen molar-refractivity contribution in [1.29, 1.82) is 0 Å². The van der Waals surface area contributed by atoms with Gasteiger partial charge in [0.1, 0.15) is 0 Å². The summed E-state index contributed by atoms with van der Waals surface area (Å²) in [6.07, 6.45) is 5.13. The van der Waals surface area contributed by atoms with Gasteiger partial charge in [-0.25, -0.2) is 0 Å². The summed E-state index contributed by atoms with van der Waals surface area (Å²) in [7, 11) is 0. The van der Waals surface area contributed by atoms with E-state index in [1.54, 1.807) is 22.3 Å². The maximum atomic E-state index is 2.56. The van der Waals surface area contributed by atoms with Gasteiger partial charge in [0, 0.05) is 0 Å². The van der Waals surface area contributed by atoms with Crippen molar-refractivity contribution in [3.8, 4) is 22.3 Å². The molecule has 4 aromatic carbocycles. The zero-order valence-corrected chi connectivity index (χ0v) is 33.2. The molecule has 1 aliphatic heterocycles. The van der Waals surface area contributed by atoms with Crippen LogP contribution in [0.1, 0.15) is 96.1 Å². The first-order chi connectivity index (χ1) is 20.4. The molecule has 2 atom stereocenters. The zero-order chi connectivity index (χ0) is 30.3. The maximum Gasteiger partial charge on any atom is -1.00 e. The summed E-state index contributed by atoms with van der Waals surface area (Å²) in [5.41, 5.74) is 18.1. The van der Waals surface area contributed by atoms with E-state index in [1.165, 1.54) is 52.9 Å². The minimum absolute atomic E-state index is 0. The van der Waals surface area contributed by atoms with E-state index in [4.69, 9.17) is 0 Å². The van der Waals surface area contributed by atoms with E-state index >= 15 is 0 Å². The molecule has 0 aromatic heterocycles. The Morgan fingerprint density at radius 1 is 0.511 bits per heavy atom. The topological polar surface area (TPSA) is 0 Å². The molecule has 0 nitrogen and oxygen atoms in total. The minimum atomic E-state index is -2.82. The summed E-state index contributed by atoms with van der Waals surface area (Å²) in [5.74, 6) is 0. The first-order valence-corrected chi connectivity index (χ1v) is 25.5. The predicted octanol–water partition coefficient (Wildman–Crippen LogP) is 6.24. The number of rotatable bonds is 4. The van der Waals surface area contributed by atoms with Gasteiger partial charge < -0.3 is 24.8 Å². The number of allylic oxidation sites excluding steroid dienone is 2. The molecule has 0 N–H and O–H groups in total. The van der Waals surface area contributed by atoms with Crippen molar-refractivity contribution >= 4 is 12.2 Å². The van der Waals surface area contributed by atoms with Crippen LogP contribution >= 0.6 is 0 Å². The van der Waals surface area contributed by atoms with Crippen LogP contribution in [0.5, 0.6) is 0 Å². The second-order valence-corrected chi connectivity index (χ2v) is 32.2. The molecule has 1 fully saturated rings. The van der Waals surface area contributed by atoms with E-state index < -0.39 is 20.0 Å². The van der Waals surface area contributed by atoms with Gasteiger partial charge in [0.15, 0.2) is 0 Å². The van der Waals surface area contributed by atoms with Gasteiger partial charge in [-0.05, 0) is 0 Å². The summed E-state index contributed by atoms with van der Waals surface area (Å²) in [6, 6.07) is 33.0. The van der Waals surface area contributed by atoms with Gasteiger partial charge in [-0.1, -0.05) is 0 Å². The molecular formula is C42H46Cl2Hf. The minimum Gasteiger partial charge on any atom is -1.00 e. The van der Waals surface area contributed by atoms with E-state index in [1.807, 2.05) is 0 Å². The maximum absolute atomic E-state index is 2.82. The van der Waals surface area contributed by atoms with Gasteiger partial charge in [-0.2, -0.15) is 0 Å². The van der Waals surface area contributed by atoms with Crippen LogP contribution in [0, 0.1) is 0 Å². The SMILES string of the molecule is CC1=Cc2c(-c3ccc(C(C)(C)C)cc3)cccc2[CH]1[Hf+2]1([CH]2C(C)=Cc3c(-c4ccc(C(C)(C)C)cc4)cccc32)[CH2][CH2]1.[Cl-].[Cl-]. The van der Waals surface area contributed by atoms with Gasteiger partial charge >= 0.3 is 266 Å². The standard InChI is InChI=1S/2C20H21.C2H4.2ClH.Hf/c2*1-14-12-16-6-5-7-18(19(16)13-14)15-8-10-17(11-9-15)20(2,3)4;1-2;;;/h2*5-13H,1-4H3;1-2H2;2*1H;/q;;;;;+2/p-2. The molecule has 4 aromatic rings. The molecule has 1 heterocycles. The normalized spacial score (nSPS) is 18.8. The molecule has 0 bridgehead atoms. The van der Waals surface area contributed by atoms with Crippen LogP contribution in [-0.2, 0) is 30.8 Å². The quantitative estimate of drug-likeness (QED) is 0.215. The number of halogens is 2. The summed E-state index contributed by atoms with van der Waals surface area (Å²) < 4.78 is 4.38. The number of fused-ring (bicyclic) bond motifs is 2. The van der Waals surface area contributed by atoms with Gasteiger partial charge in [0.05, 0.1) is 0 Å². The molecule has 2 aliphatic carbocycles. The van der Waals surface area contributed by atoms with Gasteiger partial charge in [-0.3, -0.25) is 0 Å². The molecule has 2 unspecified atom stereocenters. The van der Waals surface area contributed by atoms with E-state index in [-0.39, 0.29) is 35.6 Å². The second kappa shape index (κ2) is 12.1. The number of hydrogen-bond donors (Lipinski definition) is 0. The Kier molecular flexibility index (Phi) is 9.20. The summed E-state index contributed by atoms with van der Waals surface area (Å²) in [4.78, 5) is 0. The second-order valence-electron chi connectivity index (χ2n) is 15.6. The van der Waals surface area contributed by atoms with Crippen molar-refractivity contribution < 1.29 is 44.8 Å². The van der Waals surface area contributed by atoms with Gasteiger partial charge in [0.25, 0.3) is 0 Å². The first kappa shape index (κ1) is 34.2. The molecule has 3 heteroatoms. The molecule has 7 rings (SSSR count). The molecule has 0 amide bonds. The van der Waals surface area contributed by atoms with Gasteiger partial charge in [-0.15, -0.1) is 0 Å². The van der Waals surface area contributed by atoms with Crippen molar-refractivity contribution in [2.75, 3.05) is 0 Å². The van der Waals surface area contributed by atoms with Crippen LogP contribution in [-0.4, -0.2) is 0 Å². The third kappa shape index (κ3) is 5.81. The van der Waals surface area contributed by atoms with E-state index in [2.05, 4.69) is 152 Å². The van der Waals surface area contributed by atoms with E-state index in [9.17, 15) is 0 Å². The van der Waals surface area contributed by atoms with Crippen molar-refractivity contribution in [1.82, 2.24) is 0 Å². The molecule has 0 saturated carbocycles. The Morgan fingerprint density at radius 2 is 0.867 bits per heavy atom. The van der Waals surface area contributed by atoms with Crippen LogP contribution in [0.15, 0.2) is 96.1 Å². The summed E-state index contributed by atoms with van der Waals surface area (Å²) >= 11 is -2.82. The van der Waals surface area contributed by atoms with Crippen molar-refractivity contribution in [3.05, 3.63) is 129 Å². The molecule has 1 saturated heterocycles. The molecule has 3 aliphatic rings. The van der Waals surface area contributed by atoms with Crippen LogP contribution in [0.25, 0.3) is 34.4 Å². The van der Waals surface area contributed by atoms with Crippen LogP contribution < -0.4 is 24.8 Å². The number of hydrogen-bond acceptors (Lipinski definition) is 0.